The van der Waals surface area contributed by atoms with Crippen molar-refractivity contribution in [3.8, 4) is 5.75 Å². The molecule has 14 nitrogen and oxygen atoms in total. The highest BCUT2D eigenvalue weighted by Gasteiger charge is 2.63. The predicted octanol–water partition coefficient (Wildman–Crippen LogP) is 6.95. The molecule has 20 heteroatoms. The molecular weight excluding hydrogens is 876 g/mol. The number of alkyl halides is 5. The molecule has 2 aromatic carbocycles. The number of rotatable bonds is 9. The van der Waals surface area contributed by atoms with Gasteiger partial charge in [0.15, 0.2) is 0 Å². The number of nitrogens with zero attached hydrogens (tertiary/aromatic N) is 6. The zero-order valence-electron chi connectivity index (χ0n) is 36.2. The van der Waals surface area contributed by atoms with Gasteiger partial charge in [-0.1, -0.05) is 6.07 Å². The Balaban J connectivity index is 0.842. The Morgan fingerprint density at radius 2 is 1.75 bits per heavy atom. The number of likely N-dealkylation sites (tertiary alicyclic amines) is 1. The first kappa shape index (κ1) is 44.7. The van der Waals surface area contributed by atoms with E-state index < -0.39 is 64.0 Å². The number of aryl methyl sites for hydroxylation is 1. The van der Waals surface area contributed by atoms with Crippen LogP contribution in [0.1, 0.15) is 97.5 Å². The highest BCUT2D eigenvalue weighted by atomic mass is 32.1. The second kappa shape index (κ2) is 16.1. The number of methoxy groups -OCH3 is 1. The minimum atomic E-state index is -4.73. The van der Waals surface area contributed by atoms with E-state index in [9.17, 15) is 37.5 Å². The largest absolute Gasteiger partial charge is 0.494 e. The van der Waals surface area contributed by atoms with Crippen LogP contribution in [-0.4, -0.2) is 92.6 Å². The van der Waals surface area contributed by atoms with Crippen molar-refractivity contribution in [3.63, 3.8) is 0 Å². The van der Waals surface area contributed by atoms with Gasteiger partial charge in [0, 0.05) is 50.3 Å². The number of ether oxygens (including phenoxy) is 1. The fraction of sp³-hybridized carbons (Fsp3) is 0.511. The number of aromatic nitrogens is 4. The van der Waals surface area contributed by atoms with E-state index in [1.54, 1.807) is 31.3 Å². The maximum absolute atomic E-state index is 16.4. The lowest BCUT2D eigenvalue weighted by molar-refractivity contribution is -0.181. The lowest BCUT2D eigenvalue weighted by Gasteiger charge is -2.58. The average Bonchev–Trinajstić information content (AvgIpc) is 3.76. The smallest absolute Gasteiger partial charge is 0.433 e. The van der Waals surface area contributed by atoms with E-state index >= 15 is 8.78 Å². The van der Waals surface area contributed by atoms with Crippen molar-refractivity contribution in [1.29, 1.82) is 0 Å². The van der Waals surface area contributed by atoms with Gasteiger partial charge >= 0.3 is 11.9 Å². The zero-order chi connectivity index (χ0) is 46.4. The lowest BCUT2D eigenvalue weighted by Crippen LogP contribution is -2.70. The number of carbonyl (C=O) groups excluding carboxylic acids is 3. The third-order valence-corrected chi connectivity index (χ3v) is 14.9. The molecule has 1 unspecified atom stereocenters. The lowest BCUT2D eigenvalue weighted by atomic mass is 9.68. The fourth-order valence-electron chi connectivity index (χ4n) is 10.2. The van der Waals surface area contributed by atoms with Gasteiger partial charge in [-0.05, 0) is 101 Å². The number of hydrogen-bond donors (Lipinski definition) is 3. The van der Waals surface area contributed by atoms with Crippen LogP contribution in [0, 0.1) is 11.3 Å². The Morgan fingerprint density at radius 3 is 2.42 bits per heavy atom. The van der Waals surface area contributed by atoms with E-state index in [0.29, 0.717) is 46.6 Å². The second-order valence-corrected chi connectivity index (χ2v) is 19.6. The van der Waals surface area contributed by atoms with Gasteiger partial charge in [0.25, 0.3) is 11.8 Å². The SMILES string of the molecule is COc1ccc2c(c1N1CC3(CCN(CC4CCC(c5nc6cc(C(C)(C)O)c(NC(=O)c7cccc(C(F)(F)F)n7)cc6s5)CC4)CC3(F)F)C1)n(C)c(=O)n2C1CCC(=O)NC1=O. The average molecular weight is 925 g/mol. The number of imide groups is 1. The van der Waals surface area contributed by atoms with Gasteiger partial charge in [-0.3, -0.25) is 33.7 Å². The number of anilines is 2. The van der Waals surface area contributed by atoms with Crippen molar-refractivity contribution in [2.75, 3.05) is 50.1 Å². The topological polar surface area (TPSA) is 164 Å². The van der Waals surface area contributed by atoms with Crippen LogP contribution in [0.15, 0.2) is 47.3 Å². The number of pyridine rings is 1. The van der Waals surface area contributed by atoms with E-state index in [4.69, 9.17) is 9.72 Å². The Kier molecular flexibility index (Phi) is 11.1. The van der Waals surface area contributed by atoms with Crippen molar-refractivity contribution >= 4 is 61.7 Å². The van der Waals surface area contributed by atoms with Gasteiger partial charge < -0.3 is 20.1 Å². The van der Waals surface area contributed by atoms with Crippen LogP contribution in [0.2, 0.25) is 0 Å². The summed E-state index contributed by atoms with van der Waals surface area (Å²) in [7, 11) is 3.06. The Bertz CT molecular complexity index is 2780. The van der Waals surface area contributed by atoms with Crippen LogP contribution in [0.4, 0.5) is 33.3 Å². The number of benzene rings is 2. The molecule has 346 valence electrons. The number of nitrogens with one attached hydrogen (secondary N) is 2. The van der Waals surface area contributed by atoms with E-state index in [1.165, 1.54) is 47.5 Å². The van der Waals surface area contributed by atoms with Crippen LogP contribution < -0.4 is 26.0 Å². The van der Waals surface area contributed by atoms with Crippen molar-refractivity contribution in [3.05, 3.63) is 74.9 Å². The number of hydrogen-bond acceptors (Lipinski definition) is 11. The van der Waals surface area contributed by atoms with Gasteiger partial charge in [-0.15, -0.1) is 11.3 Å². The summed E-state index contributed by atoms with van der Waals surface area (Å²) in [5, 5.41) is 16.9. The first-order valence-electron chi connectivity index (χ1n) is 21.7. The number of halogens is 5. The summed E-state index contributed by atoms with van der Waals surface area (Å²) in [4.78, 5) is 63.5. The maximum atomic E-state index is 16.4. The maximum Gasteiger partial charge on any atom is 0.433 e. The van der Waals surface area contributed by atoms with Crippen molar-refractivity contribution in [1.82, 2.24) is 29.3 Å². The zero-order valence-corrected chi connectivity index (χ0v) is 37.0. The summed E-state index contributed by atoms with van der Waals surface area (Å²) in [6.45, 7) is 3.90. The quantitative estimate of drug-likeness (QED) is 0.104. The van der Waals surface area contributed by atoms with Gasteiger partial charge in [0.2, 0.25) is 11.8 Å². The van der Waals surface area contributed by atoms with Crippen LogP contribution >= 0.6 is 11.3 Å². The monoisotopic (exact) mass is 924 g/mol. The summed E-state index contributed by atoms with van der Waals surface area (Å²) in [6, 6.07) is 8.90. The molecule has 65 heavy (non-hydrogen) atoms. The molecular formula is C45H49F5N8O6S. The molecule has 1 saturated carbocycles. The summed E-state index contributed by atoms with van der Waals surface area (Å²) >= 11 is 1.45. The van der Waals surface area contributed by atoms with Crippen molar-refractivity contribution in [2.45, 2.75) is 88.5 Å². The molecule has 1 spiro atoms. The van der Waals surface area contributed by atoms with Crippen LogP contribution in [0.3, 0.4) is 0 Å². The molecule has 1 atom stereocenters. The third kappa shape index (κ3) is 8.04. The molecule has 0 radical (unpaired) electrons. The summed E-state index contributed by atoms with van der Waals surface area (Å²) in [6.07, 6.45) is -0.928. The molecule has 6 heterocycles. The standard InChI is InChI=1S/C45H49F5N8O6S/c1-42(2,63)26-18-29-33(19-28(26)52-38(60)27-6-5-7-34(51-27)45(48,49)50)65-40(53-29)25-10-8-24(9-11-25)20-56-17-16-43(44(46,47)23-56)21-57(22-43)37-32(64-4)14-12-30-36(37)55(3)41(62)58(30)31-13-15-35(59)54-39(31)61/h5-7,12,14,18-19,24-25,31,63H,8-11,13,15-17,20-23H2,1-4H3,(H,52,60)(H,54,59,61). The van der Waals surface area contributed by atoms with E-state index in [0.717, 1.165) is 47.5 Å². The third-order valence-electron chi connectivity index (χ3n) is 13.8. The molecule has 1 aliphatic carbocycles. The molecule has 3 saturated heterocycles. The number of aliphatic hydroxyl groups is 1. The van der Waals surface area contributed by atoms with E-state index in [1.807, 2.05) is 9.80 Å². The molecule has 3 aliphatic heterocycles. The van der Waals surface area contributed by atoms with Crippen molar-refractivity contribution < 1.29 is 46.2 Å². The Labute approximate surface area is 373 Å². The fourth-order valence-corrected chi connectivity index (χ4v) is 11.4. The molecule has 3 aromatic heterocycles. The van der Waals surface area contributed by atoms with E-state index in [-0.39, 0.29) is 56.4 Å². The van der Waals surface area contributed by atoms with Gasteiger partial charge in [-0.2, -0.15) is 13.2 Å². The first-order valence-corrected chi connectivity index (χ1v) is 22.5. The van der Waals surface area contributed by atoms with E-state index in [2.05, 4.69) is 15.6 Å². The molecule has 3 amide bonds. The summed E-state index contributed by atoms with van der Waals surface area (Å²) in [5.41, 5.74) is -2.15. The first-order chi connectivity index (χ1) is 30.7. The summed E-state index contributed by atoms with van der Waals surface area (Å²) < 4.78 is 81.8. The second-order valence-electron chi connectivity index (χ2n) is 18.5. The van der Waals surface area contributed by atoms with Gasteiger partial charge in [0.1, 0.15) is 28.9 Å². The number of piperidine rings is 2. The normalized spacial score (nSPS) is 22.6. The van der Waals surface area contributed by atoms with Crippen LogP contribution in [0.5, 0.6) is 5.75 Å². The molecule has 9 rings (SSSR count). The predicted molar refractivity (Wildman–Crippen MR) is 233 cm³/mol. The molecule has 3 N–H and O–H groups in total. The Morgan fingerprint density at radius 1 is 1.02 bits per heavy atom. The number of carbonyl (C=O) groups is 3. The minimum Gasteiger partial charge on any atom is -0.494 e. The van der Waals surface area contributed by atoms with Gasteiger partial charge in [-0.25, -0.2) is 23.5 Å². The highest BCUT2D eigenvalue weighted by Crippen LogP contribution is 2.54. The van der Waals surface area contributed by atoms with Crippen LogP contribution in [0.25, 0.3) is 21.3 Å². The van der Waals surface area contributed by atoms with Gasteiger partial charge in [0.05, 0.1) is 50.9 Å². The molecule has 4 fully saturated rings. The number of thiazole rings is 1. The highest BCUT2D eigenvalue weighted by molar-refractivity contribution is 7.18. The number of fused-ring (bicyclic) bond motifs is 2. The molecule has 5 aromatic rings. The number of imidazole rings is 1. The molecule has 0 bridgehead atoms. The molecule has 4 aliphatic rings. The minimum absolute atomic E-state index is 0.0621. The van der Waals surface area contributed by atoms with Crippen LogP contribution in [-0.2, 0) is 28.4 Å². The number of amides is 3. The summed E-state index contributed by atoms with van der Waals surface area (Å²) in [5.74, 6) is -4.05. The van der Waals surface area contributed by atoms with Crippen molar-refractivity contribution in [2.24, 2.45) is 18.4 Å². The Hall–Kier alpha value is -5.47.